The van der Waals surface area contributed by atoms with Gasteiger partial charge in [-0.05, 0) is 44.2 Å². The Kier molecular flexibility index (Phi) is 5.68. The first-order valence-corrected chi connectivity index (χ1v) is 7.86. The summed E-state index contributed by atoms with van der Waals surface area (Å²) in [6, 6.07) is 7.08. The van der Waals surface area contributed by atoms with Gasteiger partial charge in [0.05, 0.1) is 4.90 Å². The second-order valence-electron chi connectivity index (χ2n) is 4.80. The van der Waals surface area contributed by atoms with Crippen LogP contribution in [0.1, 0.15) is 18.3 Å². The number of amides is 1. The molecule has 0 atom stereocenters. The Bertz CT molecular complexity index is 889. The molecular weight excluding hydrogens is 342 g/mol. The Morgan fingerprint density at radius 2 is 1.74 bits per heavy atom. The highest BCUT2D eigenvalue weighted by atomic mass is 35.5. The molecule has 0 bridgehead atoms. The molecule has 0 saturated heterocycles. The third-order valence-electron chi connectivity index (χ3n) is 2.90. The van der Waals surface area contributed by atoms with Gasteiger partial charge in [-0.25, -0.2) is 13.2 Å². The molecule has 0 aliphatic carbocycles. The van der Waals surface area contributed by atoms with Crippen LogP contribution >= 0.6 is 12.4 Å². The molecule has 2 aromatic rings. The van der Waals surface area contributed by atoms with Gasteiger partial charge in [-0.15, -0.1) is 12.4 Å². The minimum atomic E-state index is -4.03. The fourth-order valence-electron chi connectivity index (χ4n) is 2.05. The van der Waals surface area contributed by atoms with Crippen LogP contribution in [0.5, 0.6) is 0 Å². The van der Waals surface area contributed by atoms with Crippen molar-refractivity contribution < 1.29 is 13.2 Å². The summed E-state index contributed by atoms with van der Waals surface area (Å²) in [4.78, 5) is 26.5. The van der Waals surface area contributed by atoms with Crippen molar-refractivity contribution in [2.45, 2.75) is 25.7 Å². The molecule has 0 fully saturated rings. The van der Waals surface area contributed by atoms with Crippen LogP contribution in [0.25, 0.3) is 0 Å². The minimum Gasteiger partial charge on any atom is -0.326 e. The van der Waals surface area contributed by atoms with Crippen LogP contribution in [0, 0.1) is 13.8 Å². The molecule has 7 nitrogen and oxygen atoms in total. The Hall–Kier alpha value is -2.19. The number of hydrogen-bond donors (Lipinski definition) is 1. The highest BCUT2D eigenvalue weighted by Gasteiger charge is 2.21. The number of nitrogens with one attached hydrogen (secondary N) is 1. The zero-order valence-corrected chi connectivity index (χ0v) is 14.4. The number of carbonyl (C=O) groups excluding carboxylic acids is 1. The van der Waals surface area contributed by atoms with Crippen molar-refractivity contribution in [3.05, 3.63) is 52.2 Å². The van der Waals surface area contributed by atoms with E-state index in [0.29, 0.717) is 15.4 Å². The van der Waals surface area contributed by atoms with E-state index in [1.165, 1.54) is 44.2 Å². The SMILES string of the molecule is CC(=O)Nc1ccc(S(=O)(=O)n2c(C)cc(C)nc2=O)cc1.Cl. The monoisotopic (exact) mass is 357 g/mol. The number of aromatic nitrogens is 2. The Morgan fingerprint density at radius 3 is 2.22 bits per heavy atom. The van der Waals surface area contributed by atoms with E-state index in [-0.39, 0.29) is 28.9 Å². The quantitative estimate of drug-likeness (QED) is 0.897. The second-order valence-corrected chi connectivity index (χ2v) is 6.58. The van der Waals surface area contributed by atoms with E-state index in [4.69, 9.17) is 0 Å². The summed E-state index contributed by atoms with van der Waals surface area (Å²) >= 11 is 0. The molecule has 0 aliphatic rings. The average Bonchev–Trinajstić information content (AvgIpc) is 2.36. The smallest absolute Gasteiger partial charge is 0.326 e. The largest absolute Gasteiger partial charge is 0.362 e. The van der Waals surface area contributed by atoms with Gasteiger partial charge in [-0.3, -0.25) is 4.79 Å². The molecule has 1 heterocycles. The molecule has 1 aromatic carbocycles. The molecule has 0 unspecified atom stereocenters. The Labute approximate surface area is 139 Å². The van der Waals surface area contributed by atoms with Gasteiger partial charge in [0.25, 0.3) is 10.0 Å². The number of rotatable bonds is 3. The van der Waals surface area contributed by atoms with E-state index in [2.05, 4.69) is 10.3 Å². The number of halogens is 1. The average molecular weight is 358 g/mol. The summed E-state index contributed by atoms with van der Waals surface area (Å²) in [5.41, 5.74) is 0.361. The second kappa shape index (κ2) is 6.93. The predicted molar refractivity (Wildman–Crippen MR) is 88.5 cm³/mol. The zero-order chi connectivity index (χ0) is 16.5. The van der Waals surface area contributed by atoms with Crippen molar-refractivity contribution in [2.75, 3.05) is 5.32 Å². The molecule has 2 rings (SSSR count). The molecule has 1 aromatic heterocycles. The van der Waals surface area contributed by atoms with E-state index in [1.807, 2.05) is 0 Å². The minimum absolute atomic E-state index is 0. The number of nitrogens with zero attached hydrogens (tertiary/aromatic N) is 2. The predicted octanol–water partition coefficient (Wildman–Crippen LogP) is 1.48. The van der Waals surface area contributed by atoms with Crippen LogP contribution < -0.4 is 11.0 Å². The standard InChI is InChI=1S/C14H15N3O4S.ClH/c1-9-8-10(2)17(14(19)15-9)22(20,21)13-6-4-12(5-7-13)16-11(3)18;/h4-8H,1-3H3,(H,16,18);1H. The molecule has 23 heavy (non-hydrogen) atoms. The van der Waals surface area contributed by atoms with Crippen LogP contribution in [0.15, 0.2) is 40.0 Å². The van der Waals surface area contributed by atoms with Crippen molar-refractivity contribution in [2.24, 2.45) is 0 Å². The maximum absolute atomic E-state index is 12.6. The van der Waals surface area contributed by atoms with Crippen LogP contribution in [0.2, 0.25) is 0 Å². The van der Waals surface area contributed by atoms with E-state index >= 15 is 0 Å². The van der Waals surface area contributed by atoms with Gasteiger partial charge in [0.15, 0.2) is 0 Å². The molecular formula is C14H16ClN3O4S. The molecule has 124 valence electrons. The van der Waals surface area contributed by atoms with Crippen molar-refractivity contribution in [3.8, 4) is 0 Å². The van der Waals surface area contributed by atoms with Gasteiger partial charge < -0.3 is 5.32 Å². The maximum Gasteiger partial charge on any atom is 0.362 e. The van der Waals surface area contributed by atoms with Gasteiger partial charge in [0.1, 0.15) is 0 Å². The van der Waals surface area contributed by atoms with Crippen LogP contribution in [0.4, 0.5) is 5.69 Å². The maximum atomic E-state index is 12.6. The summed E-state index contributed by atoms with van der Waals surface area (Å²) in [7, 11) is -4.03. The van der Waals surface area contributed by atoms with Crippen molar-refractivity contribution in [3.63, 3.8) is 0 Å². The molecule has 0 saturated carbocycles. The fraction of sp³-hybridized carbons (Fsp3) is 0.214. The van der Waals surface area contributed by atoms with Gasteiger partial charge in [-0.1, -0.05) is 0 Å². The van der Waals surface area contributed by atoms with Crippen molar-refractivity contribution in [1.82, 2.24) is 8.96 Å². The molecule has 9 heteroatoms. The number of benzene rings is 1. The summed E-state index contributed by atoms with van der Waals surface area (Å²) in [6.07, 6.45) is 0. The summed E-state index contributed by atoms with van der Waals surface area (Å²) in [5, 5.41) is 2.54. The lowest BCUT2D eigenvalue weighted by Gasteiger charge is -2.11. The Morgan fingerprint density at radius 1 is 1.17 bits per heavy atom. The van der Waals surface area contributed by atoms with E-state index in [9.17, 15) is 18.0 Å². The topological polar surface area (TPSA) is 98.1 Å². The molecule has 0 spiro atoms. The van der Waals surface area contributed by atoms with Crippen LogP contribution in [0.3, 0.4) is 0 Å². The number of aryl methyl sites for hydroxylation is 2. The third kappa shape index (κ3) is 3.96. The number of carbonyl (C=O) groups is 1. The van der Waals surface area contributed by atoms with Crippen molar-refractivity contribution >= 4 is 34.0 Å². The summed E-state index contributed by atoms with van der Waals surface area (Å²) < 4.78 is 25.8. The summed E-state index contributed by atoms with van der Waals surface area (Å²) in [6.45, 7) is 4.50. The molecule has 0 radical (unpaired) electrons. The van der Waals surface area contributed by atoms with E-state index in [0.717, 1.165) is 0 Å². The molecule has 0 aliphatic heterocycles. The lowest BCUT2D eigenvalue weighted by atomic mass is 10.3. The summed E-state index contributed by atoms with van der Waals surface area (Å²) in [5.74, 6) is -0.259. The molecule has 1 N–H and O–H groups in total. The first-order chi connectivity index (χ1) is 10.2. The van der Waals surface area contributed by atoms with Gasteiger partial charge in [0.2, 0.25) is 5.91 Å². The van der Waals surface area contributed by atoms with E-state index in [1.54, 1.807) is 6.92 Å². The van der Waals surface area contributed by atoms with Gasteiger partial charge >= 0.3 is 5.69 Å². The van der Waals surface area contributed by atoms with Gasteiger partial charge in [0, 0.05) is 24.0 Å². The van der Waals surface area contributed by atoms with Crippen LogP contribution in [-0.4, -0.2) is 23.3 Å². The first kappa shape index (κ1) is 18.9. The van der Waals surface area contributed by atoms with Gasteiger partial charge in [-0.2, -0.15) is 8.96 Å². The molecule has 1 amide bonds. The van der Waals surface area contributed by atoms with Crippen molar-refractivity contribution in [1.29, 1.82) is 0 Å². The van der Waals surface area contributed by atoms with Crippen LogP contribution in [-0.2, 0) is 14.8 Å². The lowest BCUT2D eigenvalue weighted by Crippen LogP contribution is -2.31. The number of hydrogen-bond acceptors (Lipinski definition) is 5. The van der Waals surface area contributed by atoms with E-state index < -0.39 is 15.7 Å². The fourth-order valence-corrected chi connectivity index (χ4v) is 3.42. The highest BCUT2D eigenvalue weighted by Crippen LogP contribution is 2.17. The number of anilines is 1. The first-order valence-electron chi connectivity index (χ1n) is 6.42. The normalized spacial score (nSPS) is 10.7. The Balaban J connectivity index is 0.00000264. The lowest BCUT2D eigenvalue weighted by molar-refractivity contribution is -0.114. The zero-order valence-electron chi connectivity index (χ0n) is 12.7. The third-order valence-corrected chi connectivity index (χ3v) is 4.69. The highest BCUT2D eigenvalue weighted by molar-refractivity contribution is 7.90.